The molecule has 3 rings (SSSR count). The lowest BCUT2D eigenvalue weighted by atomic mass is 9.99. The van der Waals surface area contributed by atoms with Crippen LogP contribution in [0, 0.1) is 12.8 Å². The van der Waals surface area contributed by atoms with Crippen molar-refractivity contribution in [1.29, 1.82) is 0 Å². The van der Waals surface area contributed by atoms with Gasteiger partial charge in [-0.1, -0.05) is 36.4 Å². The summed E-state index contributed by atoms with van der Waals surface area (Å²) in [6.07, 6.45) is -0.606. The van der Waals surface area contributed by atoms with E-state index in [1.807, 2.05) is 12.1 Å². The fourth-order valence-electron chi connectivity index (χ4n) is 3.53. The Labute approximate surface area is 166 Å². The quantitative estimate of drug-likeness (QED) is 0.728. The molecule has 28 heavy (non-hydrogen) atoms. The van der Waals surface area contributed by atoms with Crippen LogP contribution in [-0.4, -0.2) is 73.3 Å². The number of likely N-dealkylation sites (tertiary alicyclic amines) is 1. The number of rotatable bonds is 5. The highest BCUT2D eigenvalue weighted by atomic mass is 32.2. The minimum atomic E-state index is -3.31. The third kappa shape index (κ3) is 5.29. The first-order valence-corrected chi connectivity index (χ1v) is 10.7. The number of benzene rings is 2. The van der Waals surface area contributed by atoms with Gasteiger partial charge < -0.3 is 10.2 Å². The van der Waals surface area contributed by atoms with E-state index in [0.29, 0.717) is 13.1 Å². The zero-order valence-electron chi connectivity index (χ0n) is 16.4. The average molecular weight is 409 g/mol. The molecule has 0 aromatic heterocycles. The van der Waals surface area contributed by atoms with Crippen LogP contribution in [0.1, 0.15) is 11.1 Å². The van der Waals surface area contributed by atoms with Crippen LogP contribution >= 0.6 is 0 Å². The number of nitrogens with zero attached hydrogens (tertiary/aromatic N) is 2. The molecule has 0 aliphatic carbocycles. The Balaban J connectivity index is 0.000000878. The largest absolute Gasteiger partial charge is 0.483 e. The van der Waals surface area contributed by atoms with Crippen LogP contribution in [0.25, 0.3) is 10.8 Å². The van der Waals surface area contributed by atoms with E-state index in [2.05, 4.69) is 36.1 Å². The molecule has 1 heterocycles. The maximum atomic E-state index is 12.1. The normalized spacial score (nSPS) is 20.2. The first-order chi connectivity index (χ1) is 13.2. The lowest BCUT2D eigenvalue weighted by molar-refractivity contribution is -0.122. The molecule has 0 radical (unpaired) electrons. The lowest BCUT2D eigenvalue weighted by Gasteiger charge is -2.19. The third-order valence-corrected chi connectivity index (χ3v) is 7.08. The predicted octanol–water partition coefficient (Wildman–Crippen LogP) is 1.53. The Morgan fingerprint density at radius 1 is 1.18 bits per heavy atom. The van der Waals surface area contributed by atoms with E-state index >= 15 is 0 Å². The number of sulfonamides is 1. The number of hydrogen-bond acceptors (Lipinski definition) is 5. The zero-order chi connectivity index (χ0) is 20.9. The molecule has 2 atom stereocenters. The van der Waals surface area contributed by atoms with Crippen molar-refractivity contribution in [1.82, 2.24) is 9.21 Å². The minimum absolute atomic E-state index is 0.00775. The molecule has 2 N–H and O–H groups in total. The fourth-order valence-corrected chi connectivity index (χ4v) is 4.70. The van der Waals surface area contributed by atoms with Gasteiger partial charge in [0.15, 0.2) is 0 Å². The van der Waals surface area contributed by atoms with Gasteiger partial charge in [0, 0.05) is 39.6 Å². The molecule has 0 amide bonds. The number of hydrogen-bond donors (Lipinski definition) is 2. The second-order valence-corrected chi connectivity index (χ2v) is 9.50. The summed E-state index contributed by atoms with van der Waals surface area (Å²) >= 11 is 0. The summed E-state index contributed by atoms with van der Waals surface area (Å²) in [4.78, 5) is 10.5. The van der Waals surface area contributed by atoms with Crippen LogP contribution in [0.5, 0.6) is 0 Å². The van der Waals surface area contributed by atoms with Crippen LogP contribution in [-0.2, 0) is 21.4 Å². The Morgan fingerprint density at radius 2 is 1.82 bits per heavy atom. The first-order valence-electron chi connectivity index (χ1n) is 9.05. The minimum Gasteiger partial charge on any atom is -0.483 e. The predicted molar refractivity (Wildman–Crippen MR) is 110 cm³/mol. The highest BCUT2D eigenvalue weighted by Gasteiger charge is 2.35. The van der Waals surface area contributed by atoms with Gasteiger partial charge in [-0.2, -0.15) is 0 Å². The molecule has 1 aliphatic rings. The SMILES string of the molecule is Cc1ccc2ccccc2c1CN1C[C@@H](CS(=O)(=O)N(C)C)[C@H](O)C1.O=CO. The summed E-state index contributed by atoms with van der Waals surface area (Å²) in [5.74, 6) is -0.255. The Bertz CT molecular complexity index is 914. The van der Waals surface area contributed by atoms with Gasteiger partial charge in [-0.15, -0.1) is 0 Å². The highest BCUT2D eigenvalue weighted by Crippen LogP contribution is 2.27. The van der Waals surface area contributed by atoms with E-state index in [-0.39, 0.29) is 18.1 Å². The molecule has 1 fully saturated rings. The Morgan fingerprint density at radius 3 is 2.46 bits per heavy atom. The van der Waals surface area contributed by atoms with E-state index in [9.17, 15) is 13.5 Å². The second kappa shape index (κ2) is 9.47. The molecular weight excluding hydrogens is 380 g/mol. The molecule has 1 saturated heterocycles. The fraction of sp³-hybridized carbons (Fsp3) is 0.450. The average Bonchev–Trinajstić information content (AvgIpc) is 2.96. The molecule has 0 saturated carbocycles. The van der Waals surface area contributed by atoms with Crippen molar-refractivity contribution in [2.45, 2.75) is 19.6 Å². The molecule has 2 aromatic carbocycles. The second-order valence-electron chi connectivity index (χ2n) is 7.27. The molecule has 8 heteroatoms. The number of fused-ring (bicyclic) bond motifs is 1. The van der Waals surface area contributed by atoms with E-state index < -0.39 is 16.1 Å². The maximum absolute atomic E-state index is 12.1. The summed E-state index contributed by atoms with van der Waals surface area (Å²) in [6, 6.07) is 12.5. The topological polar surface area (TPSA) is 98.2 Å². The lowest BCUT2D eigenvalue weighted by Crippen LogP contribution is -2.33. The van der Waals surface area contributed by atoms with Gasteiger partial charge in [-0.3, -0.25) is 9.69 Å². The van der Waals surface area contributed by atoms with Gasteiger partial charge in [-0.25, -0.2) is 12.7 Å². The summed E-state index contributed by atoms with van der Waals surface area (Å²) < 4.78 is 25.5. The van der Waals surface area contributed by atoms with Gasteiger partial charge in [0.1, 0.15) is 0 Å². The standard InChI is InChI=1S/C19H26N2O3S.CH2O2/c1-14-8-9-15-6-4-5-7-17(15)18(14)11-21-10-16(19(22)12-21)13-25(23,24)20(2)3;2-1-3/h4-9,16,19,22H,10-13H2,1-3H3;1H,(H,2,3)/t16-,19+;/m0./s1. The van der Waals surface area contributed by atoms with Crippen molar-refractivity contribution in [2.24, 2.45) is 5.92 Å². The third-order valence-electron chi connectivity index (χ3n) is 5.12. The summed E-state index contributed by atoms with van der Waals surface area (Å²) in [7, 11) is -0.236. The molecular formula is C20H28N2O5S. The number of aryl methyl sites for hydroxylation is 1. The van der Waals surface area contributed by atoms with E-state index in [4.69, 9.17) is 9.90 Å². The number of β-amino-alcohol motifs (C(OH)–C–C–N with tert-alkyl or cyclic N) is 1. The molecule has 0 bridgehead atoms. The summed E-state index contributed by atoms with van der Waals surface area (Å²) in [5.41, 5.74) is 2.47. The van der Waals surface area contributed by atoms with E-state index in [1.165, 1.54) is 40.3 Å². The van der Waals surface area contributed by atoms with Gasteiger partial charge in [0.05, 0.1) is 11.9 Å². The maximum Gasteiger partial charge on any atom is 0.290 e. The van der Waals surface area contributed by atoms with E-state index in [1.54, 1.807) is 0 Å². The van der Waals surface area contributed by atoms with Crippen molar-refractivity contribution < 1.29 is 23.4 Å². The smallest absolute Gasteiger partial charge is 0.290 e. The zero-order valence-corrected chi connectivity index (χ0v) is 17.3. The van der Waals surface area contributed by atoms with Gasteiger partial charge >= 0.3 is 0 Å². The van der Waals surface area contributed by atoms with Crippen LogP contribution in [0.2, 0.25) is 0 Å². The molecule has 154 valence electrons. The first kappa shape index (κ1) is 22.3. The van der Waals surface area contributed by atoms with Crippen LogP contribution in [0.4, 0.5) is 0 Å². The molecule has 0 unspecified atom stereocenters. The number of aliphatic hydroxyl groups is 1. The Hall–Kier alpha value is -2.00. The van der Waals surface area contributed by atoms with Crippen molar-refractivity contribution in [3.05, 3.63) is 47.5 Å². The number of aliphatic hydroxyl groups excluding tert-OH is 1. The van der Waals surface area contributed by atoms with Crippen LogP contribution < -0.4 is 0 Å². The number of carbonyl (C=O) groups is 1. The van der Waals surface area contributed by atoms with Crippen molar-refractivity contribution in [3.8, 4) is 0 Å². The van der Waals surface area contributed by atoms with Gasteiger partial charge in [-0.05, 0) is 28.8 Å². The highest BCUT2D eigenvalue weighted by molar-refractivity contribution is 7.89. The molecule has 0 spiro atoms. The monoisotopic (exact) mass is 408 g/mol. The Kier molecular flexibility index (Phi) is 7.54. The molecule has 7 nitrogen and oxygen atoms in total. The molecule has 1 aliphatic heterocycles. The van der Waals surface area contributed by atoms with Crippen LogP contribution in [0.3, 0.4) is 0 Å². The summed E-state index contributed by atoms with van der Waals surface area (Å²) in [6.45, 7) is 3.68. The van der Waals surface area contributed by atoms with Gasteiger partial charge in [0.2, 0.25) is 10.0 Å². The molecule has 2 aromatic rings. The van der Waals surface area contributed by atoms with Crippen molar-refractivity contribution in [2.75, 3.05) is 32.9 Å². The van der Waals surface area contributed by atoms with Gasteiger partial charge in [0.25, 0.3) is 6.47 Å². The summed E-state index contributed by atoms with van der Waals surface area (Å²) in [5, 5.41) is 19.7. The van der Waals surface area contributed by atoms with Crippen molar-refractivity contribution in [3.63, 3.8) is 0 Å². The van der Waals surface area contributed by atoms with Crippen LogP contribution in [0.15, 0.2) is 36.4 Å². The van der Waals surface area contributed by atoms with E-state index in [0.717, 1.165) is 6.54 Å². The van der Waals surface area contributed by atoms with Crippen molar-refractivity contribution >= 4 is 27.3 Å². The number of carboxylic acid groups (broad SMARTS) is 1.